The van der Waals surface area contributed by atoms with Crippen LogP contribution in [0.3, 0.4) is 0 Å². The van der Waals surface area contributed by atoms with Gasteiger partial charge in [-0.05, 0) is 31.5 Å². The number of carboxylic acid groups (broad SMARTS) is 1. The molecule has 0 radical (unpaired) electrons. The lowest BCUT2D eigenvalue weighted by Crippen LogP contribution is -1.98. The molecule has 5 heteroatoms. The van der Waals surface area contributed by atoms with Crippen LogP contribution in [0.25, 0.3) is 10.9 Å². The van der Waals surface area contributed by atoms with Crippen LogP contribution in [-0.4, -0.2) is 21.8 Å². The van der Waals surface area contributed by atoms with E-state index in [0.717, 1.165) is 27.1 Å². The molecule has 0 atom stereocenters. The van der Waals surface area contributed by atoms with Crippen molar-refractivity contribution in [2.24, 2.45) is 0 Å². The van der Waals surface area contributed by atoms with Gasteiger partial charge in [0.05, 0.1) is 16.3 Å². The van der Waals surface area contributed by atoms with Crippen LogP contribution in [0.4, 0.5) is 0 Å². The molecule has 3 nitrogen and oxygen atoms in total. The van der Waals surface area contributed by atoms with Gasteiger partial charge in [0.15, 0.2) is 0 Å². The number of pyridine rings is 1. The number of hydrogen-bond acceptors (Lipinski definition) is 3. The average Bonchev–Trinajstić information content (AvgIpc) is 2.30. The van der Waals surface area contributed by atoms with E-state index in [1.165, 1.54) is 11.8 Å². The van der Waals surface area contributed by atoms with E-state index < -0.39 is 5.97 Å². The van der Waals surface area contributed by atoms with E-state index in [4.69, 9.17) is 16.7 Å². The van der Waals surface area contributed by atoms with Gasteiger partial charge in [-0.15, -0.1) is 11.8 Å². The normalized spacial score (nSPS) is 10.8. The Kier molecular flexibility index (Phi) is 3.78. The van der Waals surface area contributed by atoms with Crippen molar-refractivity contribution in [2.75, 3.05) is 5.75 Å². The Bertz CT molecular complexity index is 628. The van der Waals surface area contributed by atoms with Crippen LogP contribution in [0.1, 0.15) is 11.3 Å². The lowest BCUT2D eigenvalue weighted by molar-refractivity contribution is -0.133. The zero-order chi connectivity index (χ0) is 13.3. The molecule has 0 bridgehead atoms. The molecule has 2 rings (SSSR count). The van der Waals surface area contributed by atoms with Gasteiger partial charge in [0.1, 0.15) is 0 Å². The van der Waals surface area contributed by atoms with E-state index in [1.807, 2.05) is 32.0 Å². The molecule has 0 amide bonds. The third kappa shape index (κ3) is 2.60. The maximum atomic E-state index is 10.7. The Morgan fingerprint density at radius 2 is 2.17 bits per heavy atom. The molecule has 1 aromatic carbocycles. The van der Waals surface area contributed by atoms with Crippen molar-refractivity contribution in [2.45, 2.75) is 18.7 Å². The topological polar surface area (TPSA) is 50.2 Å². The van der Waals surface area contributed by atoms with Crippen molar-refractivity contribution in [1.29, 1.82) is 0 Å². The third-order valence-electron chi connectivity index (χ3n) is 2.55. The number of fused-ring (bicyclic) bond motifs is 1. The van der Waals surface area contributed by atoms with Gasteiger partial charge in [-0.25, -0.2) is 0 Å². The van der Waals surface area contributed by atoms with E-state index in [-0.39, 0.29) is 5.75 Å². The average molecular weight is 282 g/mol. The minimum atomic E-state index is -0.841. The lowest BCUT2D eigenvalue weighted by atomic mass is 10.1. The minimum absolute atomic E-state index is 0.0167. The summed E-state index contributed by atoms with van der Waals surface area (Å²) in [7, 11) is 0. The van der Waals surface area contributed by atoms with Gasteiger partial charge >= 0.3 is 5.97 Å². The number of aliphatic carboxylic acids is 1. The maximum absolute atomic E-state index is 10.7. The SMILES string of the molecule is Cc1cc(SCC(=O)O)c2c(Cl)ccc(C)c2n1. The lowest BCUT2D eigenvalue weighted by Gasteiger charge is -2.10. The number of hydrogen-bond donors (Lipinski definition) is 1. The van der Waals surface area contributed by atoms with Gasteiger partial charge in [0, 0.05) is 16.0 Å². The molecule has 0 spiro atoms. The van der Waals surface area contributed by atoms with Crippen LogP contribution in [-0.2, 0) is 4.79 Å². The monoisotopic (exact) mass is 281 g/mol. The highest BCUT2D eigenvalue weighted by molar-refractivity contribution is 8.00. The highest BCUT2D eigenvalue weighted by Gasteiger charge is 2.11. The number of benzene rings is 1. The van der Waals surface area contributed by atoms with Crippen LogP contribution < -0.4 is 0 Å². The number of aromatic nitrogens is 1. The second-order valence-electron chi connectivity index (χ2n) is 4.03. The Hall–Kier alpha value is -1.26. The fourth-order valence-electron chi connectivity index (χ4n) is 1.77. The maximum Gasteiger partial charge on any atom is 0.313 e. The summed E-state index contributed by atoms with van der Waals surface area (Å²) in [6.45, 7) is 3.86. The molecule has 18 heavy (non-hydrogen) atoms. The Balaban J connectivity index is 2.64. The van der Waals surface area contributed by atoms with Gasteiger partial charge in [-0.2, -0.15) is 0 Å². The Morgan fingerprint density at radius 3 is 2.83 bits per heavy atom. The molecule has 0 saturated carbocycles. The zero-order valence-electron chi connectivity index (χ0n) is 10.0. The van der Waals surface area contributed by atoms with Crippen molar-refractivity contribution >= 4 is 40.2 Å². The number of aryl methyl sites for hydroxylation is 2. The zero-order valence-corrected chi connectivity index (χ0v) is 11.6. The molecule has 0 fully saturated rings. The van der Waals surface area contributed by atoms with Crippen molar-refractivity contribution in [3.05, 3.63) is 34.5 Å². The number of rotatable bonds is 3. The Labute approximate surface area is 114 Å². The quantitative estimate of drug-likeness (QED) is 0.872. The molecule has 0 saturated heterocycles. The number of carbonyl (C=O) groups is 1. The molecule has 1 heterocycles. The van der Waals surface area contributed by atoms with E-state index in [1.54, 1.807) is 0 Å². The molecular formula is C13H12ClNO2S. The van der Waals surface area contributed by atoms with Crippen molar-refractivity contribution in [3.63, 3.8) is 0 Å². The summed E-state index contributed by atoms with van der Waals surface area (Å²) in [5, 5.41) is 10.2. The van der Waals surface area contributed by atoms with Crippen molar-refractivity contribution < 1.29 is 9.90 Å². The molecule has 0 unspecified atom stereocenters. The standard InChI is InChI=1S/C13H12ClNO2S/c1-7-3-4-9(14)12-10(18-6-11(16)17)5-8(2)15-13(7)12/h3-5H,6H2,1-2H3,(H,16,17). The second-order valence-corrected chi connectivity index (χ2v) is 5.46. The number of thioether (sulfide) groups is 1. The largest absolute Gasteiger partial charge is 0.481 e. The molecule has 0 aliphatic carbocycles. The highest BCUT2D eigenvalue weighted by Crippen LogP contribution is 2.34. The smallest absolute Gasteiger partial charge is 0.313 e. The number of nitrogens with zero attached hydrogens (tertiary/aromatic N) is 1. The molecule has 94 valence electrons. The molecule has 0 aliphatic heterocycles. The van der Waals surface area contributed by atoms with E-state index in [0.29, 0.717) is 5.02 Å². The predicted molar refractivity (Wildman–Crippen MR) is 74.6 cm³/mol. The summed E-state index contributed by atoms with van der Waals surface area (Å²) in [5.41, 5.74) is 2.74. The van der Waals surface area contributed by atoms with Gasteiger partial charge in [-0.3, -0.25) is 9.78 Å². The molecular weight excluding hydrogens is 270 g/mol. The predicted octanol–water partition coefficient (Wildman–Crippen LogP) is 3.68. The highest BCUT2D eigenvalue weighted by atomic mass is 35.5. The summed E-state index contributed by atoms with van der Waals surface area (Å²) in [5.74, 6) is -0.825. The first-order valence-corrected chi connectivity index (χ1v) is 6.76. The molecule has 1 N–H and O–H groups in total. The fourth-order valence-corrected chi connectivity index (χ4v) is 2.97. The van der Waals surface area contributed by atoms with Gasteiger partial charge in [-0.1, -0.05) is 17.7 Å². The first kappa shape index (κ1) is 13.2. The summed E-state index contributed by atoms with van der Waals surface area (Å²) in [6, 6.07) is 5.62. The number of carboxylic acids is 1. The van der Waals surface area contributed by atoms with Crippen LogP contribution in [0.2, 0.25) is 5.02 Å². The first-order valence-electron chi connectivity index (χ1n) is 5.40. The van der Waals surface area contributed by atoms with E-state index >= 15 is 0 Å². The summed E-state index contributed by atoms with van der Waals surface area (Å²) in [4.78, 5) is 16.0. The molecule has 2 aromatic rings. The summed E-state index contributed by atoms with van der Waals surface area (Å²) < 4.78 is 0. The molecule has 0 aliphatic rings. The molecule has 1 aromatic heterocycles. The van der Waals surface area contributed by atoms with Crippen molar-refractivity contribution in [1.82, 2.24) is 4.98 Å². The van der Waals surface area contributed by atoms with Crippen LogP contribution >= 0.6 is 23.4 Å². The van der Waals surface area contributed by atoms with E-state index in [2.05, 4.69) is 4.98 Å². The summed E-state index contributed by atoms with van der Waals surface area (Å²) >= 11 is 7.47. The second kappa shape index (κ2) is 5.16. The van der Waals surface area contributed by atoms with E-state index in [9.17, 15) is 4.79 Å². The van der Waals surface area contributed by atoms with Gasteiger partial charge in [0.2, 0.25) is 0 Å². The first-order chi connectivity index (χ1) is 8.49. The third-order valence-corrected chi connectivity index (χ3v) is 3.89. The number of halogens is 1. The summed E-state index contributed by atoms with van der Waals surface area (Å²) in [6.07, 6.45) is 0. The fraction of sp³-hybridized carbons (Fsp3) is 0.231. The van der Waals surface area contributed by atoms with Gasteiger partial charge < -0.3 is 5.11 Å². The Morgan fingerprint density at radius 1 is 1.44 bits per heavy atom. The van der Waals surface area contributed by atoms with Crippen LogP contribution in [0, 0.1) is 13.8 Å². The minimum Gasteiger partial charge on any atom is -0.481 e. The van der Waals surface area contributed by atoms with Crippen LogP contribution in [0.5, 0.6) is 0 Å². The van der Waals surface area contributed by atoms with Gasteiger partial charge in [0.25, 0.3) is 0 Å². The van der Waals surface area contributed by atoms with Crippen molar-refractivity contribution in [3.8, 4) is 0 Å². The van der Waals surface area contributed by atoms with Crippen LogP contribution in [0.15, 0.2) is 23.1 Å².